The first kappa shape index (κ1) is 14.3. The van der Waals surface area contributed by atoms with E-state index in [-0.39, 0.29) is 30.3 Å². The molecule has 0 spiro atoms. The van der Waals surface area contributed by atoms with Gasteiger partial charge < -0.3 is 15.2 Å². The van der Waals surface area contributed by atoms with E-state index in [0.29, 0.717) is 0 Å². The number of carbonyl (C=O) groups is 1. The number of primary amides is 1. The van der Waals surface area contributed by atoms with E-state index >= 15 is 0 Å². The quantitative estimate of drug-likeness (QED) is 0.802. The molecule has 7 nitrogen and oxygen atoms in total. The number of ether oxygens (including phenoxy) is 2. The topological polar surface area (TPSA) is 102 Å². The molecule has 8 heteroatoms. The number of benzene rings is 1. The summed E-state index contributed by atoms with van der Waals surface area (Å²) in [7, 11) is -3.63. The van der Waals surface area contributed by atoms with Gasteiger partial charge in [-0.25, -0.2) is 13.2 Å². The predicted octanol–water partition coefficient (Wildman–Crippen LogP) is 0.231. The Hall–Kier alpha value is -1.64. The summed E-state index contributed by atoms with van der Waals surface area (Å²) >= 11 is 0. The van der Waals surface area contributed by atoms with Crippen LogP contribution in [0.4, 0.5) is 4.79 Å². The molecule has 0 aliphatic carbocycles. The van der Waals surface area contributed by atoms with Crippen molar-refractivity contribution in [2.45, 2.75) is 30.1 Å². The van der Waals surface area contributed by atoms with Crippen molar-refractivity contribution in [2.75, 3.05) is 13.2 Å². The summed E-state index contributed by atoms with van der Waals surface area (Å²) in [5, 5.41) is 0. The fraction of sp³-hybridized carbons (Fsp3) is 0.462. The molecular formula is C13H16N2O5S. The van der Waals surface area contributed by atoms with Crippen molar-refractivity contribution in [3.05, 3.63) is 29.8 Å². The lowest BCUT2D eigenvalue weighted by atomic mass is 10.2. The minimum atomic E-state index is -3.63. The first-order valence-corrected chi connectivity index (χ1v) is 8.00. The van der Waals surface area contributed by atoms with E-state index in [0.717, 1.165) is 5.56 Å². The van der Waals surface area contributed by atoms with Gasteiger partial charge in [-0.3, -0.25) is 0 Å². The monoisotopic (exact) mass is 312 g/mol. The maximum absolute atomic E-state index is 12.7. The molecule has 0 bridgehead atoms. The summed E-state index contributed by atoms with van der Waals surface area (Å²) in [5.41, 5.74) is 5.92. The van der Waals surface area contributed by atoms with Crippen molar-refractivity contribution >= 4 is 16.1 Å². The summed E-state index contributed by atoms with van der Waals surface area (Å²) in [6.07, 6.45) is -1.26. The number of fused-ring (bicyclic) bond motifs is 1. The van der Waals surface area contributed by atoms with E-state index < -0.39 is 22.2 Å². The van der Waals surface area contributed by atoms with E-state index in [1.54, 1.807) is 24.3 Å². The average Bonchev–Trinajstić information content (AvgIpc) is 3.09. The zero-order valence-electron chi connectivity index (χ0n) is 11.4. The fourth-order valence-corrected chi connectivity index (χ4v) is 4.22. The molecule has 2 aliphatic heterocycles. The maximum Gasteiger partial charge on any atom is 0.404 e. The predicted molar refractivity (Wildman–Crippen MR) is 73.1 cm³/mol. The molecule has 114 valence electrons. The number of amides is 1. The van der Waals surface area contributed by atoms with Crippen molar-refractivity contribution in [1.82, 2.24) is 4.31 Å². The normalized spacial score (nSPS) is 28.1. The molecule has 3 atom stereocenters. The average molecular weight is 312 g/mol. The molecule has 3 rings (SSSR count). The Morgan fingerprint density at radius 2 is 2.10 bits per heavy atom. The SMILES string of the molecule is Cc1ccc(S(=O)(=O)N2C[C@H]3O[C@H]3[C@H]2COC(N)=O)cc1. The summed E-state index contributed by atoms with van der Waals surface area (Å²) in [5.74, 6) is 0. The Bertz CT molecular complexity index is 658. The van der Waals surface area contributed by atoms with Gasteiger partial charge in [0.1, 0.15) is 12.7 Å². The van der Waals surface area contributed by atoms with E-state index in [1.165, 1.54) is 4.31 Å². The van der Waals surface area contributed by atoms with Gasteiger partial charge in [0.25, 0.3) is 0 Å². The Morgan fingerprint density at radius 3 is 2.71 bits per heavy atom. The number of nitrogens with two attached hydrogens (primary N) is 1. The van der Waals surface area contributed by atoms with Gasteiger partial charge in [0, 0.05) is 6.54 Å². The van der Waals surface area contributed by atoms with E-state index in [4.69, 9.17) is 15.2 Å². The molecule has 21 heavy (non-hydrogen) atoms. The van der Waals surface area contributed by atoms with E-state index in [2.05, 4.69) is 0 Å². The highest BCUT2D eigenvalue weighted by atomic mass is 32.2. The second-order valence-electron chi connectivity index (χ2n) is 5.22. The molecule has 0 saturated carbocycles. The van der Waals surface area contributed by atoms with Crippen LogP contribution >= 0.6 is 0 Å². The summed E-state index contributed by atoms with van der Waals surface area (Å²) in [6.45, 7) is 2.06. The van der Waals surface area contributed by atoms with Crippen molar-refractivity contribution in [2.24, 2.45) is 5.73 Å². The number of rotatable bonds is 4. The Kier molecular flexibility index (Phi) is 3.39. The molecule has 2 heterocycles. The van der Waals surface area contributed by atoms with Gasteiger partial charge in [0.2, 0.25) is 10.0 Å². The number of morpholine rings is 1. The van der Waals surface area contributed by atoms with Crippen LogP contribution < -0.4 is 5.73 Å². The second-order valence-corrected chi connectivity index (χ2v) is 7.11. The molecule has 2 fully saturated rings. The van der Waals surface area contributed by atoms with Gasteiger partial charge >= 0.3 is 6.09 Å². The van der Waals surface area contributed by atoms with Crippen molar-refractivity contribution in [3.63, 3.8) is 0 Å². The molecule has 0 aromatic heterocycles. The zero-order valence-corrected chi connectivity index (χ0v) is 12.2. The fourth-order valence-electron chi connectivity index (χ4n) is 2.59. The highest BCUT2D eigenvalue weighted by Crippen LogP contribution is 2.39. The molecular weight excluding hydrogens is 296 g/mol. The van der Waals surface area contributed by atoms with Crippen LogP contribution in [0.15, 0.2) is 29.2 Å². The maximum atomic E-state index is 12.7. The highest BCUT2D eigenvalue weighted by Gasteiger charge is 2.58. The Balaban J connectivity index is 1.84. The standard InChI is InChI=1S/C13H16N2O5S/c1-8-2-4-9(5-3-8)21(17,18)15-6-11-12(20-11)10(15)7-19-13(14)16/h2-5,10-12H,6-7H2,1H3,(H2,14,16)/t10-,11-,12+/m1/s1. The molecule has 1 aromatic rings. The Labute approximate surface area is 122 Å². The van der Waals surface area contributed by atoms with Gasteiger partial charge in [0.05, 0.1) is 17.0 Å². The van der Waals surface area contributed by atoms with Gasteiger partial charge in [-0.05, 0) is 19.1 Å². The summed E-state index contributed by atoms with van der Waals surface area (Å²) < 4.78 is 36.8. The molecule has 0 unspecified atom stereocenters. The van der Waals surface area contributed by atoms with Crippen LogP contribution in [0, 0.1) is 6.92 Å². The van der Waals surface area contributed by atoms with Gasteiger partial charge in [-0.1, -0.05) is 17.7 Å². The third-order valence-corrected chi connectivity index (χ3v) is 5.66. The minimum absolute atomic E-state index is 0.0956. The third-order valence-electron chi connectivity index (χ3n) is 3.75. The Morgan fingerprint density at radius 1 is 1.43 bits per heavy atom. The van der Waals surface area contributed by atoms with E-state index in [9.17, 15) is 13.2 Å². The molecule has 1 aromatic carbocycles. The van der Waals surface area contributed by atoms with Crippen molar-refractivity contribution in [1.29, 1.82) is 0 Å². The van der Waals surface area contributed by atoms with E-state index in [1.807, 2.05) is 6.92 Å². The molecule has 2 saturated heterocycles. The lowest BCUT2D eigenvalue weighted by molar-refractivity contribution is 0.110. The third kappa shape index (κ3) is 2.61. The van der Waals surface area contributed by atoms with Crippen LogP contribution in [-0.2, 0) is 19.5 Å². The van der Waals surface area contributed by atoms with Crippen molar-refractivity contribution in [3.8, 4) is 0 Å². The number of epoxide rings is 1. The molecule has 2 aliphatic rings. The summed E-state index contributed by atoms with van der Waals surface area (Å²) in [6, 6.07) is 6.11. The van der Waals surface area contributed by atoms with Crippen LogP contribution in [0.3, 0.4) is 0 Å². The molecule has 1 amide bonds. The smallest absolute Gasteiger partial charge is 0.404 e. The van der Waals surface area contributed by atoms with Gasteiger partial charge in [-0.15, -0.1) is 0 Å². The number of aryl methyl sites for hydroxylation is 1. The lowest BCUT2D eigenvalue weighted by Crippen LogP contribution is -2.43. The first-order chi connectivity index (χ1) is 9.89. The highest BCUT2D eigenvalue weighted by molar-refractivity contribution is 7.89. The molecule has 0 radical (unpaired) electrons. The van der Waals surface area contributed by atoms with Crippen molar-refractivity contribution < 1.29 is 22.7 Å². The van der Waals surface area contributed by atoms with Crippen LogP contribution in [0.2, 0.25) is 0 Å². The van der Waals surface area contributed by atoms with Crippen LogP contribution in [0.25, 0.3) is 0 Å². The molecule has 2 N–H and O–H groups in total. The lowest BCUT2D eigenvalue weighted by Gasteiger charge is -2.25. The van der Waals surface area contributed by atoms with Crippen LogP contribution in [0.1, 0.15) is 5.56 Å². The second kappa shape index (κ2) is 4.97. The first-order valence-electron chi connectivity index (χ1n) is 6.56. The number of hydrogen-bond donors (Lipinski definition) is 1. The van der Waals surface area contributed by atoms with Crippen LogP contribution in [0.5, 0.6) is 0 Å². The summed E-state index contributed by atoms with van der Waals surface area (Å²) in [4.78, 5) is 11.0. The zero-order chi connectivity index (χ0) is 15.2. The number of carbonyl (C=O) groups excluding carboxylic acids is 1. The van der Waals surface area contributed by atoms with Crippen LogP contribution in [-0.4, -0.2) is 50.2 Å². The number of sulfonamides is 1. The van der Waals surface area contributed by atoms with Gasteiger partial charge in [-0.2, -0.15) is 4.31 Å². The largest absolute Gasteiger partial charge is 0.448 e. The number of nitrogens with zero attached hydrogens (tertiary/aromatic N) is 1. The minimum Gasteiger partial charge on any atom is -0.448 e. The number of hydrogen-bond acceptors (Lipinski definition) is 5. The van der Waals surface area contributed by atoms with Gasteiger partial charge in [0.15, 0.2) is 0 Å².